The Kier molecular flexibility index (Phi) is 6.13. The first-order valence-corrected chi connectivity index (χ1v) is 11.9. The average molecular weight is 496 g/mol. The summed E-state index contributed by atoms with van der Waals surface area (Å²) in [7, 11) is 1.66. The first kappa shape index (κ1) is 24.1. The fourth-order valence-electron chi connectivity index (χ4n) is 4.45. The summed E-state index contributed by atoms with van der Waals surface area (Å²) in [4.78, 5) is 29.0. The number of hydrogen-bond acceptors (Lipinski definition) is 3. The number of pyridine rings is 1. The highest BCUT2D eigenvalue weighted by Crippen LogP contribution is 2.38. The third-order valence-electron chi connectivity index (χ3n) is 6.33. The summed E-state index contributed by atoms with van der Waals surface area (Å²) in [5.41, 5.74) is 4.88. The van der Waals surface area contributed by atoms with Crippen molar-refractivity contribution in [2.24, 2.45) is 7.05 Å². The molecule has 0 bridgehead atoms. The fourth-order valence-corrected chi connectivity index (χ4v) is 4.45. The van der Waals surface area contributed by atoms with Crippen LogP contribution in [0.2, 0.25) is 0 Å². The lowest BCUT2D eigenvalue weighted by molar-refractivity contribution is 0.102. The Hall–Kier alpha value is -4.65. The molecule has 5 rings (SSSR count). The van der Waals surface area contributed by atoms with Crippen molar-refractivity contribution >= 4 is 22.5 Å². The number of aromatic amines is 1. The van der Waals surface area contributed by atoms with E-state index >= 15 is 0 Å². The number of H-pyrrole nitrogens is 1. The van der Waals surface area contributed by atoms with Gasteiger partial charge >= 0.3 is 0 Å². The Morgan fingerprint density at radius 2 is 1.62 bits per heavy atom. The zero-order valence-electron chi connectivity index (χ0n) is 21.0. The molecule has 0 aliphatic rings. The van der Waals surface area contributed by atoms with E-state index in [9.17, 15) is 14.0 Å². The van der Waals surface area contributed by atoms with Crippen LogP contribution in [0, 0.1) is 26.6 Å². The number of carbonyl (C=O) groups excluding carboxylic acids is 1. The molecule has 0 atom stereocenters. The van der Waals surface area contributed by atoms with Crippen LogP contribution in [0.5, 0.6) is 11.5 Å². The van der Waals surface area contributed by atoms with Gasteiger partial charge in [-0.25, -0.2) is 4.39 Å². The Bertz CT molecular complexity index is 1690. The standard InChI is InChI=1S/C30H26FN3O3/c1-17-9-11-21(12-10-17)32-29(35)25-15-23-24(16-34(4)30(36)27(23)33-25)22-7-5-6-8-26(22)37-28-18(2)13-20(31)14-19(28)3/h5-16,33H,1-4H3,(H,32,35). The number of carbonyl (C=O) groups is 1. The molecule has 37 heavy (non-hydrogen) atoms. The second-order valence-corrected chi connectivity index (χ2v) is 9.22. The van der Waals surface area contributed by atoms with Gasteiger partial charge in [-0.2, -0.15) is 0 Å². The lowest BCUT2D eigenvalue weighted by Crippen LogP contribution is -2.17. The van der Waals surface area contributed by atoms with E-state index in [-0.39, 0.29) is 23.0 Å². The number of fused-ring (bicyclic) bond motifs is 1. The zero-order valence-corrected chi connectivity index (χ0v) is 21.0. The molecule has 0 aliphatic carbocycles. The summed E-state index contributed by atoms with van der Waals surface area (Å²) in [6, 6.07) is 19.5. The van der Waals surface area contributed by atoms with Crippen LogP contribution < -0.4 is 15.6 Å². The van der Waals surface area contributed by atoms with E-state index in [1.54, 1.807) is 33.2 Å². The molecule has 0 aliphatic heterocycles. The van der Waals surface area contributed by atoms with Crippen LogP contribution in [0.15, 0.2) is 77.7 Å². The van der Waals surface area contributed by atoms with Crippen molar-refractivity contribution in [2.45, 2.75) is 20.8 Å². The largest absolute Gasteiger partial charge is 0.456 e. The third-order valence-corrected chi connectivity index (χ3v) is 6.33. The summed E-state index contributed by atoms with van der Waals surface area (Å²) in [6.45, 7) is 5.56. The summed E-state index contributed by atoms with van der Waals surface area (Å²) < 4.78 is 21.6. The number of aryl methyl sites for hydroxylation is 4. The molecular formula is C30H26FN3O3. The van der Waals surface area contributed by atoms with Gasteiger partial charge in [-0.05, 0) is 68.3 Å². The van der Waals surface area contributed by atoms with Crippen LogP contribution in [0.3, 0.4) is 0 Å². The third kappa shape index (κ3) is 4.63. The number of nitrogens with zero attached hydrogens (tertiary/aromatic N) is 1. The van der Waals surface area contributed by atoms with E-state index in [1.807, 2.05) is 55.5 Å². The second kappa shape index (κ2) is 9.43. The van der Waals surface area contributed by atoms with E-state index in [2.05, 4.69) is 10.3 Å². The highest BCUT2D eigenvalue weighted by Gasteiger charge is 2.19. The Labute approximate surface area is 213 Å². The number of halogens is 1. The second-order valence-electron chi connectivity index (χ2n) is 9.22. The molecule has 3 aromatic carbocycles. The summed E-state index contributed by atoms with van der Waals surface area (Å²) in [5, 5.41) is 3.46. The normalized spacial score (nSPS) is 11.1. The van der Waals surface area contributed by atoms with Crippen molar-refractivity contribution in [3.8, 4) is 22.6 Å². The maximum absolute atomic E-state index is 13.8. The molecule has 0 fully saturated rings. The highest BCUT2D eigenvalue weighted by atomic mass is 19.1. The van der Waals surface area contributed by atoms with Gasteiger partial charge in [0.05, 0.1) is 0 Å². The van der Waals surface area contributed by atoms with E-state index in [1.165, 1.54) is 16.7 Å². The van der Waals surface area contributed by atoms with Gasteiger partial charge in [-0.15, -0.1) is 0 Å². The van der Waals surface area contributed by atoms with Crippen molar-refractivity contribution in [2.75, 3.05) is 5.32 Å². The summed E-state index contributed by atoms with van der Waals surface area (Å²) in [5.74, 6) is 0.448. The molecule has 6 nitrogen and oxygen atoms in total. The van der Waals surface area contributed by atoms with Crippen molar-refractivity contribution in [1.82, 2.24) is 9.55 Å². The predicted molar refractivity (Wildman–Crippen MR) is 144 cm³/mol. The lowest BCUT2D eigenvalue weighted by Gasteiger charge is -2.16. The molecule has 7 heteroatoms. The van der Waals surface area contributed by atoms with Crippen LogP contribution in [-0.4, -0.2) is 15.5 Å². The Balaban J connectivity index is 1.60. The van der Waals surface area contributed by atoms with E-state index in [0.717, 1.165) is 16.7 Å². The molecule has 2 aromatic heterocycles. The van der Waals surface area contributed by atoms with E-state index < -0.39 is 0 Å². The SMILES string of the molecule is Cc1ccc(NC(=O)c2cc3c(-c4ccccc4Oc4c(C)cc(F)cc4C)cn(C)c(=O)c3[nH]2)cc1. The molecule has 0 radical (unpaired) electrons. The molecular weight excluding hydrogens is 469 g/mol. The van der Waals surface area contributed by atoms with Gasteiger partial charge in [0.2, 0.25) is 0 Å². The lowest BCUT2D eigenvalue weighted by atomic mass is 10.0. The zero-order chi connectivity index (χ0) is 26.3. The maximum atomic E-state index is 13.8. The average Bonchev–Trinajstić information content (AvgIpc) is 3.31. The van der Waals surface area contributed by atoms with Gasteiger partial charge in [-0.1, -0.05) is 35.9 Å². The predicted octanol–water partition coefficient (Wildman–Crippen LogP) is 6.64. The number of amides is 1. The molecule has 0 unspecified atom stereocenters. The number of hydrogen-bond donors (Lipinski definition) is 2. The minimum atomic E-state index is -0.352. The molecule has 0 saturated carbocycles. The van der Waals surface area contributed by atoms with Crippen molar-refractivity contribution in [3.05, 3.63) is 111 Å². The minimum absolute atomic E-state index is 0.253. The summed E-state index contributed by atoms with van der Waals surface area (Å²) >= 11 is 0. The molecule has 186 valence electrons. The van der Waals surface area contributed by atoms with Gasteiger partial charge in [0.25, 0.3) is 11.5 Å². The smallest absolute Gasteiger partial charge is 0.274 e. The van der Waals surface area contributed by atoms with Crippen LogP contribution in [0.1, 0.15) is 27.2 Å². The highest BCUT2D eigenvalue weighted by molar-refractivity contribution is 6.08. The van der Waals surface area contributed by atoms with E-state index in [4.69, 9.17) is 4.74 Å². The number of nitrogens with one attached hydrogen (secondary N) is 2. The first-order valence-electron chi connectivity index (χ1n) is 11.9. The topological polar surface area (TPSA) is 76.1 Å². The summed E-state index contributed by atoms with van der Waals surface area (Å²) in [6.07, 6.45) is 1.73. The number of rotatable bonds is 5. The quantitative estimate of drug-likeness (QED) is 0.287. The van der Waals surface area contributed by atoms with Crippen LogP contribution in [-0.2, 0) is 7.05 Å². The fraction of sp³-hybridized carbons (Fsp3) is 0.133. The minimum Gasteiger partial charge on any atom is -0.456 e. The molecule has 2 heterocycles. The Morgan fingerprint density at radius 3 is 2.32 bits per heavy atom. The van der Waals surface area contributed by atoms with Gasteiger partial charge < -0.3 is 19.6 Å². The van der Waals surface area contributed by atoms with Crippen LogP contribution in [0.25, 0.3) is 22.0 Å². The number of aromatic nitrogens is 2. The number of para-hydroxylation sites is 1. The first-order chi connectivity index (χ1) is 17.7. The van der Waals surface area contributed by atoms with Crippen molar-refractivity contribution < 1.29 is 13.9 Å². The van der Waals surface area contributed by atoms with Gasteiger partial charge in [0.15, 0.2) is 0 Å². The van der Waals surface area contributed by atoms with Crippen molar-refractivity contribution in [3.63, 3.8) is 0 Å². The number of anilines is 1. The van der Waals surface area contributed by atoms with Crippen LogP contribution >= 0.6 is 0 Å². The van der Waals surface area contributed by atoms with Gasteiger partial charge in [0.1, 0.15) is 28.5 Å². The molecule has 5 aromatic rings. The van der Waals surface area contributed by atoms with Crippen molar-refractivity contribution in [1.29, 1.82) is 0 Å². The van der Waals surface area contributed by atoms with Gasteiger partial charge in [-0.3, -0.25) is 9.59 Å². The Morgan fingerprint density at radius 1 is 0.946 bits per heavy atom. The molecule has 2 N–H and O–H groups in total. The van der Waals surface area contributed by atoms with E-state index in [0.29, 0.717) is 39.2 Å². The number of benzene rings is 3. The molecule has 0 saturated heterocycles. The van der Waals surface area contributed by atoms with Gasteiger partial charge in [0, 0.05) is 35.4 Å². The molecule has 1 amide bonds. The maximum Gasteiger partial charge on any atom is 0.274 e. The monoisotopic (exact) mass is 495 g/mol. The number of ether oxygens (including phenoxy) is 1. The molecule has 0 spiro atoms. The van der Waals surface area contributed by atoms with Crippen LogP contribution in [0.4, 0.5) is 10.1 Å².